The largest absolute Gasteiger partial charge is 0.465 e. The molecule has 1 unspecified atom stereocenters. The second-order valence-electron chi connectivity index (χ2n) is 3.61. The van der Waals surface area contributed by atoms with Gasteiger partial charge in [0.1, 0.15) is 0 Å². The molecule has 0 aliphatic carbocycles. The first-order valence-corrected chi connectivity index (χ1v) is 4.84. The quantitative estimate of drug-likeness (QED) is 0.602. The van der Waals surface area contributed by atoms with E-state index in [1.165, 1.54) is 0 Å². The van der Waals surface area contributed by atoms with E-state index in [0.717, 1.165) is 0 Å². The van der Waals surface area contributed by atoms with E-state index in [0.29, 0.717) is 18.9 Å². The van der Waals surface area contributed by atoms with E-state index < -0.39 is 6.67 Å². The number of hydrogen-bond donors (Lipinski definition) is 0. The molecule has 2 nitrogen and oxygen atoms in total. The summed E-state index contributed by atoms with van der Waals surface area (Å²) in [5, 5.41) is 0. The van der Waals surface area contributed by atoms with Gasteiger partial charge >= 0.3 is 5.97 Å². The Bertz CT molecular complexity index is 146. The van der Waals surface area contributed by atoms with E-state index in [9.17, 15) is 9.18 Å². The fourth-order valence-corrected chi connectivity index (χ4v) is 0.987. The van der Waals surface area contributed by atoms with Gasteiger partial charge < -0.3 is 4.74 Å². The predicted molar refractivity (Wildman–Crippen MR) is 50.2 cm³/mol. The maximum Gasteiger partial charge on any atom is 0.309 e. The van der Waals surface area contributed by atoms with E-state index in [4.69, 9.17) is 4.74 Å². The lowest BCUT2D eigenvalue weighted by atomic mass is 10.0. The molecule has 0 heterocycles. The summed E-state index contributed by atoms with van der Waals surface area (Å²) in [5.41, 5.74) is 0. The molecule has 0 bridgehead atoms. The van der Waals surface area contributed by atoms with Gasteiger partial charge in [-0.05, 0) is 18.8 Å². The van der Waals surface area contributed by atoms with Gasteiger partial charge in [-0.1, -0.05) is 20.8 Å². The van der Waals surface area contributed by atoms with Crippen molar-refractivity contribution in [2.75, 3.05) is 13.3 Å². The second-order valence-corrected chi connectivity index (χ2v) is 3.61. The molecule has 0 rings (SSSR count). The zero-order chi connectivity index (χ0) is 10.3. The first-order valence-electron chi connectivity index (χ1n) is 4.84. The minimum Gasteiger partial charge on any atom is -0.465 e. The van der Waals surface area contributed by atoms with Crippen LogP contribution in [0.25, 0.3) is 0 Å². The van der Waals surface area contributed by atoms with Gasteiger partial charge in [0.2, 0.25) is 0 Å². The molecule has 0 radical (unpaired) electrons. The van der Waals surface area contributed by atoms with Crippen molar-refractivity contribution in [1.29, 1.82) is 0 Å². The summed E-state index contributed by atoms with van der Waals surface area (Å²) in [6.07, 6.45) is 0.939. The molecular weight excluding hydrogens is 171 g/mol. The maximum absolute atomic E-state index is 12.0. The van der Waals surface area contributed by atoms with E-state index in [1.807, 2.05) is 20.8 Å². The monoisotopic (exact) mass is 190 g/mol. The van der Waals surface area contributed by atoms with Crippen molar-refractivity contribution in [2.45, 2.75) is 33.6 Å². The average molecular weight is 190 g/mol. The van der Waals surface area contributed by atoms with Crippen LogP contribution in [0.3, 0.4) is 0 Å². The van der Waals surface area contributed by atoms with Gasteiger partial charge in [-0.2, -0.15) is 0 Å². The number of carbonyl (C=O) groups is 1. The van der Waals surface area contributed by atoms with Crippen LogP contribution >= 0.6 is 0 Å². The summed E-state index contributed by atoms with van der Waals surface area (Å²) in [7, 11) is 0. The lowest BCUT2D eigenvalue weighted by Gasteiger charge is -2.13. The van der Waals surface area contributed by atoms with Crippen LogP contribution in [-0.4, -0.2) is 19.3 Å². The number of carbonyl (C=O) groups excluding carboxylic acids is 1. The number of esters is 1. The van der Waals surface area contributed by atoms with Crippen LogP contribution in [-0.2, 0) is 9.53 Å². The Kier molecular flexibility index (Phi) is 6.55. The van der Waals surface area contributed by atoms with Crippen molar-refractivity contribution in [3.8, 4) is 0 Å². The molecule has 1 atom stereocenters. The molecule has 0 aromatic carbocycles. The highest BCUT2D eigenvalue weighted by Gasteiger charge is 2.17. The van der Waals surface area contributed by atoms with Crippen molar-refractivity contribution < 1.29 is 13.9 Å². The Morgan fingerprint density at radius 1 is 1.46 bits per heavy atom. The van der Waals surface area contributed by atoms with Crippen LogP contribution in [0.4, 0.5) is 4.39 Å². The number of ether oxygens (including phenoxy) is 1. The van der Waals surface area contributed by atoms with Crippen LogP contribution in [0.5, 0.6) is 0 Å². The van der Waals surface area contributed by atoms with Gasteiger partial charge in [-0.15, -0.1) is 0 Å². The summed E-state index contributed by atoms with van der Waals surface area (Å²) in [6, 6.07) is 0. The highest BCUT2D eigenvalue weighted by molar-refractivity contribution is 5.72. The zero-order valence-corrected chi connectivity index (χ0v) is 8.68. The van der Waals surface area contributed by atoms with Crippen LogP contribution in [0, 0.1) is 11.8 Å². The maximum atomic E-state index is 12.0. The van der Waals surface area contributed by atoms with Gasteiger partial charge in [-0.25, -0.2) is 0 Å². The third kappa shape index (κ3) is 5.61. The zero-order valence-electron chi connectivity index (χ0n) is 8.68. The molecule has 0 saturated heterocycles. The van der Waals surface area contributed by atoms with Gasteiger partial charge in [0, 0.05) is 0 Å². The molecule has 0 N–H and O–H groups in total. The van der Waals surface area contributed by atoms with Gasteiger partial charge in [0.15, 0.2) is 0 Å². The fraction of sp³-hybridized carbons (Fsp3) is 0.900. The standard InChI is InChI=1S/C10H19FO2/c1-4-9(5-6-11)10(12)13-7-8(2)3/h8-9H,4-7H2,1-3H3. The minimum absolute atomic E-state index is 0.256. The number of alkyl halides is 1. The Hall–Kier alpha value is -0.600. The molecule has 13 heavy (non-hydrogen) atoms. The fourth-order valence-electron chi connectivity index (χ4n) is 0.987. The lowest BCUT2D eigenvalue weighted by molar-refractivity contribution is -0.150. The molecule has 0 aliphatic heterocycles. The summed E-state index contributed by atoms with van der Waals surface area (Å²) in [4.78, 5) is 11.3. The van der Waals surface area contributed by atoms with Crippen molar-refractivity contribution >= 4 is 5.97 Å². The third-order valence-corrected chi connectivity index (χ3v) is 1.84. The molecule has 0 fully saturated rings. The first kappa shape index (κ1) is 12.4. The molecule has 78 valence electrons. The Labute approximate surface area is 79.5 Å². The van der Waals surface area contributed by atoms with Crippen molar-refractivity contribution in [2.24, 2.45) is 11.8 Å². The van der Waals surface area contributed by atoms with E-state index in [1.54, 1.807) is 0 Å². The molecule has 0 aromatic rings. The first-order chi connectivity index (χ1) is 6.11. The molecule has 0 spiro atoms. The summed E-state index contributed by atoms with van der Waals surface area (Å²) < 4.78 is 17.0. The third-order valence-electron chi connectivity index (χ3n) is 1.84. The summed E-state index contributed by atoms with van der Waals surface area (Å²) in [6.45, 7) is 5.81. The Morgan fingerprint density at radius 3 is 2.46 bits per heavy atom. The Balaban J connectivity index is 3.77. The molecule has 0 aliphatic rings. The van der Waals surface area contributed by atoms with Crippen molar-refractivity contribution in [3.63, 3.8) is 0 Å². The molecule has 0 amide bonds. The van der Waals surface area contributed by atoms with Crippen molar-refractivity contribution in [3.05, 3.63) is 0 Å². The lowest BCUT2D eigenvalue weighted by Crippen LogP contribution is -2.19. The van der Waals surface area contributed by atoms with Crippen LogP contribution < -0.4 is 0 Å². The average Bonchev–Trinajstić information content (AvgIpc) is 2.10. The number of rotatable bonds is 6. The van der Waals surface area contributed by atoms with E-state index in [-0.39, 0.29) is 18.3 Å². The predicted octanol–water partition coefficient (Wildman–Crippen LogP) is 2.57. The normalized spacial score (nSPS) is 13.0. The summed E-state index contributed by atoms with van der Waals surface area (Å²) in [5.74, 6) is -0.176. The van der Waals surface area contributed by atoms with Crippen molar-refractivity contribution in [1.82, 2.24) is 0 Å². The topological polar surface area (TPSA) is 26.3 Å². The van der Waals surface area contributed by atoms with Crippen LogP contribution in [0.1, 0.15) is 33.6 Å². The number of hydrogen-bond acceptors (Lipinski definition) is 2. The van der Waals surface area contributed by atoms with Crippen LogP contribution in [0.2, 0.25) is 0 Å². The highest BCUT2D eigenvalue weighted by atomic mass is 19.1. The number of halogens is 1. The minimum atomic E-state index is -0.449. The van der Waals surface area contributed by atoms with E-state index >= 15 is 0 Å². The molecule has 0 aromatic heterocycles. The van der Waals surface area contributed by atoms with E-state index in [2.05, 4.69) is 0 Å². The molecule has 3 heteroatoms. The summed E-state index contributed by atoms with van der Waals surface area (Å²) >= 11 is 0. The Morgan fingerprint density at radius 2 is 2.08 bits per heavy atom. The van der Waals surface area contributed by atoms with Gasteiger partial charge in [0.25, 0.3) is 0 Å². The van der Waals surface area contributed by atoms with Gasteiger partial charge in [-0.3, -0.25) is 9.18 Å². The molecule has 0 saturated carbocycles. The molecular formula is C10H19FO2. The van der Waals surface area contributed by atoms with Gasteiger partial charge in [0.05, 0.1) is 19.2 Å². The van der Waals surface area contributed by atoms with Crippen LogP contribution in [0.15, 0.2) is 0 Å². The second kappa shape index (κ2) is 6.87. The smallest absolute Gasteiger partial charge is 0.309 e. The highest BCUT2D eigenvalue weighted by Crippen LogP contribution is 2.11. The SMILES string of the molecule is CCC(CCF)C(=O)OCC(C)C.